The lowest BCUT2D eigenvalue weighted by Gasteiger charge is -2.36. The fourth-order valence-corrected chi connectivity index (χ4v) is 6.00. The molecule has 246 valence electrons. The van der Waals surface area contributed by atoms with E-state index in [1.165, 1.54) is 17.4 Å². The Morgan fingerprint density at radius 3 is 2.21 bits per heavy atom. The lowest BCUT2D eigenvalue weighted by atomic mass is 10.1. The Kier molecular flexibility index (Phi) is 11.2. The van der Waals surface area contributed by atoms with Crippen LogP contribution >= 0.6 is 11.6 Å². The predicted molar refractivity (Wildman–Crippen MR) is 185 cm³/mol. The second-order valence-electron chi connectivity index (χ2n) is 11.2. The number of halogens is 1. The molecule has 0 saturated heterocycles. The van der Waals surface area contributed by atoms with Gasteiger partial charge in [0.05, 0.1) is 12.9 Å². The number of benzene rings is 4. The molecule has 5 aromatic rings. The third kappa shape index (κ3) is 8.09. The van der Waals surface area contributed by atoms with Crippen molar-refractivity contribution in [2.24, 2.45) is 0 Å². The number of hydrogen-bond acceptors (Lipinski definition) is 5. The minimum atomic E-state index is -1.36. The quantitative estimate of drug-likeness (QED) is 0.113. The van der Waals surface area contributed by atoms with Crippen molar-refractivity contribution in [2.75, 3.05) is 13.1 Å². The number of para-hydroxylation sites is 2. The third-order valence-electron chi connectivity index (χ3n) is 8.12. The van der Waals surface area contributed by atoms with Gasteiger partial charge in [0.15, 0.2) is 5.69 Å². The van der Waals surface area contributed by atoms with Gasteiger partial charge < -0.3 is 25.0 Å². The predicted octanol–water partition coefficient (Wildman–Crippen LogP) is 6.74. The van der Waals surface area contributed by atoms with Crippen LogP contribution in [0.25, 0.3) is 0 Å². The maximum Gasteiger partial charge on any atom is 0.405 e. The third-order valence-corrected chi connectivity index (χ3v) is 8.44. The first-order valence-electron chi connectivity index (χ1n) is 15.5. The minimum absolute atomic E-state index is 0.0130. The summed E-state index contributed by atoms with van der Waals surface area (Å²) in [6, 6.07) is 32.3. The van der Waals surface area contributed by atoms with Gasteiger partial charge in [0.25, 0.3) is 0 Å². The molecule has 0 aliphatic heterocycles. The largest absolute Gasteiger partial charge is 0.489 e. The number of hydrogen-bond donors (Lipinski definition) is 3. The Balaban J connectivity index is 1.48. The highest BCUT2D eigenvalue weighted by Gasteiger charge is 2.43. The molecule has 1 heterocycles. The van der Waals surface area contributed by atoms with E-state index in [9.17, 15) is 19.5 Å². The molecule has 4 aromatic carbocycles. The minimum Gasteiger partial charge on any atom is -0.489 e. The Bertz CT molecular complexity index is 1800. The van der Waals surface area contributed by atoms with Gasteiger partial charge in [0, 0.05) is 43.1 Å². The zero-order valence-corrected chi connectivity index (χ0v) is 27.2. The fraction of sp³-hybridized carbons (Fsp3) is 0.189. The smallest absolute Gasteiger partial charge is 0.405 e. The Morgan fingerprint density at radius 1 is 0.917 bits per heavy atom. The summed E-state index contributed by atoms with van der Waals surface area (Å²) in [4.78, 5) is 49.2. The average Bonchev–Trinajstić information content (AvgIpc) is 3.62. The van der Waals surface area contributed by atoms with Crippen LogP contribution in [0.1, 0.15) is 23.7 Å². The number of imidazole rings is 1. The molecule has 2 unspecified atom stereocenters. The number of ether oxygens (including phenoxy) is 1. The van der Waals surface area contributed by atoms with Gasteiger partial charge in [-0.2, -0.15) is 4.48 Å². The second kappa shape index (κ2) is 15.9. The fourth-order valence-electron chi connectivity index (χ4n) is 5.72. The molecule has 0 aliphatic carbocycles. The van der Waals surface area contributed by atoms with Crippen LogP contribution in [0.5, 0.6) is 5.75 Å². The Morgan fingerprint density at radius 2 is 1.58 bits per heavy atom. The summed E-state index contributed by atoms with van der Waals surface area (Å²) >= 11 is 6.73. The molecule has 0 bridgehead atoms. The highest BCUT2D eigenvalue weighted by atomic mass is 35.5. The van der Waals surface area contributed by atoms with Crippen molar-refractivity contribution in [2.45, 2.75) is 32.5 Å². The van der Waals surface area contributed by atoms with Crippen molar-refractivity contribution in [1.29, 1.82) is 0 Å². The van der Waals surface area contributed by atoms with Crippen LogP contribution < -0.4 is 14.5 Å². The van der Waals surface area contributed by atoms with E-state index in [1.807, 2.05) is 91.9 Å². The first kappa shape index (κ1) is 33.9. The first-order valence-corrected chi connectivity index (χ1v) is 15.9. The van der Waals surface area contributed by atoms with Crippen LogP contribution in [0.15, 0.2) is 122 Å². The van der Waals surface area contributed by atoms with Crippen molar-refractivity contribution in [3.05, 3.63) is 144 Å². The zero-order chi connectivity index (χ0) is 33.9. The van der Waals surface area contributed by atoms with Crippen LogP contribution in [0, 0.1) is 0 Å². The Hall–Kier alpha value is -5.45. The van der Waals surface area contributed by atoms with E-state index in [4.69, 9.17) is 16.3 Å². The van der Waals surface area contributed by atoms with Gasteiger partial charge in [0.1, 0.15) is 35.7 Å². The molecular weight excluding hydrogens is 630 g/mol. The normalized spacial score (nSPS) is 12.8. The summed E-state index contributed by atoms with van der Waals surface area (Å²) in [5.41, 5.74) is 3.57. The van der Waals surface area contributed by atoms with E-state index in [0.29, 0.717) is 41.0 Å². The zero-order valence-electron chi connectivity index (χ0n) is 26.5. The Labute approximate surface area is 284 Å². The summed E-state index contributed by atoms with van der Waals surface area (Å²) in [5.74, 6) is -0.236. The maximum absolute atomic E-state index is 14.7. The van der Waals surface area contributed by atoms with Crippen molar-refractivity contribution in [1.82, 2.24) is 24.7 Å². The van der Waals surface area contributed by atoms with Gasteiger partial charge in [-0.3, -0.25) is 4.79 Å². The number of aromatic nitrogens is 2. The molecule has 5 rings (SSSR count). The van der Waals surface area contributed by atoms with Gasteiger partial charge >= 0.3 is 12.0 Å². The summed E-state index contributed by atoms with van der Waals surface area (Å²) in [7, 11) is 0. The number of nitrogens with zero attached hydrogens (tertiary/aromatic N) is 3. The number of amides is 3. The van der Waals surface area contributed by atoms with Crippen LogP contribution in [0.3, 0.4) is 0 Å². The molecule has 10 nitrogen and oxygen atoms in total. The molecule has 3 amide bonds. The van der Waals surface area contributed by atoms with E-state index in [1.54, 1.807) is 24.3 Å². The lowest BCUT2D eigenvalue weighted by Crippen LogP contribution is -2.57. The second-order valence-corrected chi connectivity index (χ2v) is 11.6. The van der Waals surface area contributed by atoms with E-state index in [-0.39, 0.29) is 29.9 Å². The number of carbonyl (C=O) groups is 3. The van der Waals surface area contributed by atoms with Crippen molar-refractivity contribution in [3.63, 3.8) is 0 Å². The van der Waals surface area contributed by atoms with Crippen LogP contribution in [-0.4, -0.2) is 57.0 Å². The molecule has 1 aromatic heterocycles. The number of carbonyl (C=O) groups excluding carboxylic acids is 2. The highest BCUT2D eigenvalue weighted by Crippen LogP contribution is 2.39. The number of carboxylic acid groups (broad SMARTS) is 1. The average molecular weight is 667 g/mol. The molecule has 11 heteroatoms. The SMILES string of the molecule is CC[N+](C(=O)CN(Cc1ccc(OCc2ccccc2)cc1)C(=O)C(Cc1cnc[nH]1)NC(=O)O)(c1ccccc1)c1ccccc1Cl. The van der Waals surface area contributed by atoms with Crippen molar-refractivity contribution < 1.29 is 24.2 Å². The monoisotopic (exact) mass is 666 g/mol. The summed E-state index contributed by atoms with van der Waals surface area (Å²) < 4.78 is 5.68. The van der Waals surface area contributed by atoms with E-state index >= 15 is 0 Å². The molecule has 0 fully saturated rings. The first-order chi connectivity index (χ1) is 23.3. The molecule has 0 saturated carbocycles. The number of likely N-dealkylation sites (N-methyl/N-ethyl adjacent to an activating group) is 1. The summed E-state index contributed by atoms with van der Waals surface area (Å²) in [6.45, 7) is 2.30. The van der Waals surface area contributed by atoms with Gasteiger partial charge in [-0.15, -0.1) is 0 Å². The molecule has 2 atom stereocenters. The van der Waals surface area contributed by atoms with E-state index < -0.39 is 18.0 Å². The summed E-state index contributed by atoms with van der Waals surface area (Å²) in [5, 5.41) is 12.4. The molecule has 0 aliphatic rings. The molecule has 0 spiro atoms. The number of H-pyrrole nitrogens is 1. The molecule has 0 radical (unpaired) electrons. The van der Waals surface area contributed by atoms with Gasteiger partial charge in [-0.05, 0) is 36.2 Å². The van der Waals surface area contributed by atoms with Gasteiger partial charge in [-0.25, -0.2) is 14.6 Å². The van der Waals surface area contributed by atoms with Crippen LogP contribution in [-0.2, 0) is 29.2 Å². The number of rotatable bonds is 14. The number of nitrogens with one attached hydrogen (secondary N) is 2. The van der Waals surface area contributed by atoms with E-state index in [2.05, 4.69) is 15.3 Å². The molecular formula is C37H37ClN5O5+. The molecule has 3 N–H and O–H groups in total. The topological polar surface area (TPSA) is 125 Å². The summed E-state index contributed by atoms with van der Waals surface area (Å²) in [6.07, 6.45) is 1.63. The number of quaternary nitrogens is 1. The van der Waals surface area contributed by atoms with E-state index in [0.717, 1.165) is 11.1 Å². The van der Waals surface area contributed by atoms with Gasteiger partial charge in [0.2, 0.25) is 5.91 Å². The maximum atomic E-state index is 14.7. The van der Waals surface area contributed by atoms with Crippen molar-refractivity contribution in [3.8, 4) is 5.75 Å². The van der Waals surface area contributed by atoms with Crippen molar-refractivity contribution >= 4 is 40.9 Å². The standard InChI is InChI=1S/C37H36ClN5O5/c1-2-43(30-13-7-4-8-14-30,34-16-10-9-15-32(34)38)35(44)24-42(36(45)33(41-37(46)47)21-29-22-39-26-40-29)23-27-17-19-31(20-18-27)48-25-28-11-5-3-6-12-28/h3-20,22,26,33,41H,2,21,23-25H2,1H3,(H-,39,40,46,47)/p+1. The van der Waals surface area contributed by atoms with Crippen LogP contribution in [0.4, 0.5) is 16.2 Å². The molecule has 48 heavy (non-hydrogen) atoms. The van der Waals surface area contributed by atoms with Gasteiger partial charge in [-0.1, -0.05) is 84.4 Å². The lowest BCUT2D eigenvalue weighted by molar-refractivity contribution is -0.140. The highest BCUT2D eigenvalue weighted by molar-refractivity contribution is 6.33. The number of aromatic amines is 1. The van der Waals surface area contributed by atoms with Crippen LogP contribution in [0.2, 0.25) is 5.02 Å².